The second-order valence-corrected chi connectivity index (χ2v) is 5.42. The molecule has 0 fully saturated rings. The summed E-state index contributed by atoms with van der Waals surface area (Å²) in [6.07, 6.45) is 1.96. The van der Waals surface area contributed by atoms with Crippen LogP contribution in [0.4, 0.5) is 0 Å². The predicted molar refractivity (Wildman–Crippen MR) is 84.8 cm³/mol. The lowest BCUT2D eigenvalue weighted by atomic mass is 10.1. The van der Waals surface area contributed by atoms with Crippen LogP contribution >= 0.6 is 15.9 Å². The van der Waals surface area contributed by atoms with Crippen molar-refractivity contribution in [2.75, 3.05) is 0 Å². The zero-order valence-corrected chi connectivity index (χ0v) is 12.7. The van der Waals surface area contributed by atoms with Gasteiger partial charge < -0.3 is 0 Å². The highest BCUT2D eigenvalue weighted by Gasteiger charge is 2.01. The number of hydrogen-bond donors (Lipinski definition) is 1. The molecule has 1 amide bonds. The van der Waals surface area contributed by atoms with E-state index >= 15 is 0 Å². The van der Waals surface area contributed by atoms with E-state index in [4.69, 9.17) is 0 Å². The van der Waals surface area contributed by atoms with Gasteiger partial charge in [0.1, 0.15) is 0 Å². The van der Waals surface area contributed by atoms with Crippen LogP contribution in [0.2, 0.25) is 0 Å². The van der Waals surface area contributed by atoms with E-state index in [1.165, 1.54) is 5.56 Å². The molecule has 0 radical (unpaired) electrons. The lowest BCUT2D eigenvalue weighted by Gasteiger charge is -2.01. The molecule has 20 heavy (non-hydrogen) atoms. The Labute approximate surface area is 126 Å². The summed E-state index contributed by atoms with van der Waals surface area (Å²) in [5.74, 6) is -0.129. The quantitative estimate of drug-likeness (QED) is 0.677. The Morgan fingerprint density at radius 3 is 2.45 bits per heavy atom. The minimum atomic E-state index is -0.129. The lowest BCUT2D eigenvalue weighted by molar-refractivity contribution is -0.120. The number of aryl methyl sites for hydroxylation is 1. The fraction of sp³-hybridized carbons (Fsp3) is 0.125. The number of rotatable bonds is 4. The van der Waals surface area contributed by atoms with Gasteiger partial charge in [0, 0.05) is 4.47 Å². The molecule has 0 aliphatic rings. The second kappa shape index (κ2) is 7.01. The van der Waals surface area contributed by atoms with Crippen LogP contribution in [0.1, 0.15) is 16.7 Å². The first-order chi connectivity index (χ1) is 9.63. The van der Waals surface area contributed by atoms with Crippen molar-refractivity contribution in [2.45, 2.75) is 13.3 Å². The Kier molecular flexibility index (Phi) is 5.07. The van der Waals surface area contributed by atoms with Crippen LogP contribution in [0.25, 0.3) is 0 Å². The van der Waals surface area contributed by atoms with Gasteiger partial charge >= 0.3 is 0 Å². The summed E-state index contributed by atoms with van der Waals surface area (Å²) >= 11 is 3.36. The van der Waals surface area contributed by atoms with Gasteiger partial charge in [0.15, 0.2) is 0 Å². The number of hydrogen-bond acceptors (Lipinski definition) is 2. The number of amides is 1. The zero-order chi connectivity index (χ0) is 14.4. The molecule has 2 aromatic carbocycles. The highest BCUT2D eigenvalue weighted by atomic mass is 79.9. The number of carbonyl (C=O) groups is 1. The van der Waals surface area contributed by atoms with E-state index < -0.39 is 0 Å². The Balaban J connectivity index is 1.85. The number of benzene rings is 2. The Morgan fingerprint density at radius 2 is 1.80 bits per heavy atom. The SMILES string of the molecule is Cc1ccc(/C=N/NC(=O)Cc2ccc(Br)cc2)cc1. The van der Waals surface area contributed by atoms with Gasteiger partial charge in [0.25, 0.3) is 0 Å². The van der Waals surface area contributed by atoms with Crippen LogP contribution in [0.15, 0.2) is 58.1 Å². The molecule has 0 spiro atoms. The van der Waals surface area contributed by atoms with Crippen molar-refractivity contribution in [1.29, 1.82) is 0 Å². The molecule has 0 aromatic heterocycles. The predicted octanol–water partition coefficient (Wildman–Crippen LogP) is 3.45. The first kappa shape index (κ1) is 14.5. The highest BCUT2D eigenvalue weighted by Crippen LogP contribution is 2.10. The van der Waals surface area contributed by atoms with Crippen LogP contribution in [0.5, 0.6) is 0 Å². The van der Waals surface area contributed by atoms with Crippen molar-refractivity contribution in [3.05, 3.63) is 69.7 Å². The molecule has 0 unspecified atom stereocenters. The molecule has 4 heteroatoms. The fourth-order valence-corrected chi connectivity index (χ4v) is 1.92. The number of nitrogens with one attached hydrogen (secondary N) is 1. The van der Waals surface area contributed by atoms with Crippen LogP contribution < -0.4 is 5.43 Å². The van der Waals surface area contributed by atoms with E-state index in [1.54, 1.807) is 6.21 Å². The van der Waals surface area contributed by atoms with Gasteiger partial charge in [-0.2, -0.15) is 5.10 Å². The van der Waals surface area contributed by atoms with Gasteiger partial charge in [-0.05, 0) is 30.2 Å². The minimum Gasteiger partial charge on any atom is -0.273 e. The van der Waals surface area contributed by atoms with Gasteiger partial charge in [0.2, 0.25) is 5.91 Å². The molecule has 0 bridgehead atoms. The maximum Gasteiger partial charge on any atom is 0.244 e. The second-order valence-electron chi connectivity index (χ2n) is 4.51. The van der Waals surface area contributed by atoms with Crippen LogP contribution in [0, 0.1) is 6.92 Å². The summed E-state index contributed by atoms with van der Waals surface area (Å²) < 4.78 is 0.999. The first-order valence-corrected chi connectivity index (χ1v) is 7.06. The smallest absolute Gasteiger partial charge is 0.244 e. The Bertz CT molecular complexity index is 603. The van der Waals surface area contributed by atoms with Crippen molar-refractivity contribution >= 4 is 28.1 Å². The number of hydrazone groups is 1. The van der Waals surface area contributed by atoms with Gasteiger partial charge in [0.05, 0.1) is 12.6 Å². The molecule has 0 aliphatic heterocycles. The summed E-state index contributed by atoms with van der Waals surface area (Å²) in [4.78, 5) is 11.7. The molecule has 2 aromatic rings. The summed E-state index contributed by atoms with van der Waals surface area (Å²) in [6, 6.07) is 15.6. The average molecular weight is 331 g/mol. The normalized spacial score (nSPS) is 10.7. The van der Waals surface area contributed by atoms with E-state index in [0.29, 0.717) is 6.42 Å². The van der Waals surface area contributed by atoms with Gasteiger partial charge in [-0.3, -0.25) is 4.79 Å². The Morgan fingerprint density at radius 1 is 1.15 bits per heavy atom. The maximum absolute atomic E-state index is 11.7. The molecule has 0 heterocycles. The first-order valence-electron chi connectivity index (χ1n) is 6.26. The monoisotopic (exact) mass is 330 g/mol. The van der Waals surface area contributed by atoms with Gasteiger partial charge in [-0.1, -0.05) is 57.9 Å². The van der Waals surface area contributed by atoms with Crippen LogP contribution in [0.3, 0.4) is 0 Å². The third-order valence-corrected chi connectivity index (χ3v) is 3.29. The van der Waals surface area contributed by atoms with E-state index in [-0.39, 0.29) is 5.91 Å². The zero-order valence-electron chi connectivity index (χ0n) is 11.1. The molecule has 2 rings (SSSR count). The van der Waals surface area contributed by atoms with Crippen molar-refractivity contribution in [3.8, 4) is 0 Å². The van der Waals surface area contributed by atoms with Crippen LogP contribution in [-0.4, -0.2) is 12.1 Å². The van der Waals surface area contributed by atoms with E-state index in [0.717, 1.165) is 15.6 Å². The summed E-state index contributed by atoms with van der Waals surface area (Å²) in [5, 5.41) is 3.95. The number of carbonyl (C=O) groups excluding carboxylic acids is 1. The van der Waals surface area contributed by atoms with Crippen molar-refractivity contribution < 1.29 is 4.79 Å². The molecule has 0 atom stereocenters. The molecule has 0 aliphatic carbocycles. The van der Waals surface area contributed by atoms with E-state index in [1.807, 2.05) is 55.5 Å². The van der Waals surface area contributed by atoms with Crippen molar-refractivity contribution in [3.63, 3.8) is 0 Å². The average Bonchev–Trinajstić information content (AvgIpc) is 2.44. The molecular formula is C16H15BrN2O. The molecule has 102 valence electrons. The molecule has 0 saturated heterocycles. The molecule has 3 nitrogen and oxygen atoms in total. The summed E-state index contributed by atoms with van der Waals surface area (Å²) in [5.41, 5.74) is 5.64. The molecule has 0 saturated carbocycles. The number of nitrogens with zero attached hydrogens (tertiary/aromatic N) is 1. The largest absolute Gasteiger partial charge is 0.273 e. The maximum atomic E-state index is 11.7. The number of halogens is 1. The Hall–Kier alpha value is -1.94. The standard InChI is InChI=1S/C16H15BrN2O/c1-12-2-4-14(5-3-12)11-18-19-16(20)10-13-6-8-15(17)9-7-13/h2-9,11H,10H2,1H3,(H,19,20)/b18-11+. The van der Waals surface area contributed by atoms with Crippen LogP contribution in [-0.2, 0) is 11.2 Å². The highest BCUT2D eigenvalue weighted by molar-refractivity contribution is 9.10. The topological polar surface area (TPSA) is 41.5 Å². The minimum absolute atomic E-state index is 0.129. The third-order valence-electron chi connectivity index (χ3n) is 2.76. The van der Waals surface area contributed by atoms with Gasteiger partial charge in [-0.15, -0.1) is 0 Å². The van der Waals surface area contributed by atoms with E-state index in [9.17, 15) is 4.79 Å². The van der Waals surface area contributed by atoms with Crippen molar-refractivity contribution in [1.82, 2.24) is 5.43 Å². The summed E-state index contributed by atoms with van der Waals surface area (Å²) in [6.45, 7) is 2.03. The summed E-state index contributed by atoms with van der Waals surface area (Å²) in [7, 11) is 0. The third kappa shape index (κ3) is 4.63. The molecular weight excluding hydrogens is 316 g/mol. The van der Waals surface area contributed by atoms with E-state index in [2.05, 4.69) is 26.5 Å². The van der Waals surface area contributed by atoms with Crippen molar-refractivity contribution in [2.24, 2.45) is 5.10 Å². The fourth-order valence-electron chi connectivity index (χ4n) is 1.66. The molecule has 1 N–H and O–H groups in total. The lowest BCUT2D eigenvalue weighted by Crippen LogP contribution is -2.19. The van der Waals surface area contributed by atoms with Gasteiger partial charge in [-0.25, -0.2) is 5.43 Å².